The molecular formula is C27H20ClN3O2S2. The highest BCUT2D eigenvalue weighted by Gasteiger charge is 2.16. The third kappa shape index (κ3) is 6.31. The molecule has 0 atom stereocenters. The molecule has 0 bridgehead atoms. The van der Waals surface area contributed by atoms with Crippen molar-refractivity contribution in [1.82, 2.24) is 0 Å². The van der Waals surface area contributed by atoms with Gasteiger partial charge in [-0.15, -0.1) is 23.1 Å². The fourth-order valence-corrected chi connectivity index (χ4v) is 5.20. The lowest BCUT2D eigenvalue weighted by molar-refractivity contribution is -0.113. The lowest BCUT2D eigenvalue weighted by atomic mass is 10.0. The Morgan fingerprint density at radius 2 is 1.80 bits per heavy atom. The van der Waals surface area contributed by atoms with E-state index in [1.165, 1.54) is 23.1 Å². The maximum atomic E-state index is 12.6. The molecule has 0 fully saturated rings. The van der Waals surface area contributed by atoms with E-state index in [1.54, 1.807) is 30.3 Å². The second-order valence-electron chi connectivity index (χ2n) is 7.66. The average Bonchev–Trinajstić information content (AvgIpc) is 3.25. The summed E-state index contributed by atoms with van der Waals surface area (Å²) in [6.07, 6.45) is 0. The molecule has 0 radical (unpaired) electrons. The van der Waals surface area contributed by atoms with Gasteiger partial charge >= 0.3 is 0 Å². The van der Waals surface area contributed by atoms with E-state index in [9.17, 15) is 14.9 Å². The van der Waals surface area contributed by atoms with Crippen LogP contribution in [-0.4, -0.2) is 17.6 Å². The van der Waals surface area contributed by atoms with Crippen LogP contribution in [0, 0.1) is 18.3 Å². The number of nitrogens with zero attached hydrogens (tertiary/aromatic N) is 1. The zero-order valence-corrected chi connectivity index (χ0v) is 21.1. The normalized spacial score (nSPS) is 10.4. The molecule has 0 saturated heterocycles. The van der Waals surface area contributed by atoms with Crippen molar-refractivity contribution >= 4 is 57.2 Å². The Balaban J connectivity index is 1.37. The van der Waals surface area contributed by atoms with Crippen LogP contribution in [0.3, 0.4) is 0 Å². The monoisotopic (exact) mass is 517 g/mol. The van der Waals surface area contributed by atoms with Gasteiger partial charge in [0.05, 0.1) is 11.3 Å². The predicted octanol–water partition coefficient (Wildman–Crippen LogP) is 7.23. The summed E-state index contributed by atoms with van der Waals surface area (Å²) in [5.74, 6) is -0.315. The molecule has 0 aliphatic rings. The van der Waals surface area contributed by atoms with Gasteiger partial charge in [0.15, 0.2) is 0 Å². The summed E-state index contributed by atoms with van der Waals surface area (Å²) in [4.78, 5) is 25.9. The van der Waals surface area contributed by atoms with Crippen LogP contribution >= 0.6 is 34.7 Å². The first-order valence-corrected chi connectivity index (χ1v) is 12.9. The standard InChI is InChI=1S/C27H20ClN3O2S2/c1-17-8-10-18(11-9-17)24-15-35-27(23(24)14-29)31-25(32)16-34-22-7-3-6-21(13-22)30-26(33)19-4-2-5-20(28)12-19/h2-13,15H,16H2,1H3,(H,30,33)(H,31,32). The Hall–Kier alpha value is -3.57. The van der Waals surface area contributed by atoms with Crippen molar-refractivity contribution in [2.24, 2.45) is 0 Å². The molecule has 5 nitrogen and oxygen atoms in total. The van der Waals surface area contributed by atoms with Crippen molar-refractivity contribution in [1.29, 1.82) is 5.26 Å². The van der Waals surface area contributed by atoms with Gasteiger partial charge in [0, 0.05) is 32.1 Å². The number of hydrogen-bond donors (Lipinski definition) is 2. The van der Waals surface area contributed by atoms with Crippen LogP contribution in [0.25, 0.3) is 11.1 Å². The minimum atomic E-state index is -0.265. The van der Waals surface area contributed by atoms with Crippen LogP contribution in [0.15, 0.2) is 83.1 Å². The summed E-state index contributed by atoms with van der Waals surface area (Å²) >= 11 is 8.65. The Morgan fingerprint density at radius 1 is 1.03 bits per heavy atom. The Kier molecular flexibility index (Phi) is 7.88. The van der Waals surface area contributed by atoms with E-state index in [0.29, 0.717) is 26.8 Å². The first kappa shape index (κ1) is 24.6. The predicted molar refractivity (Wildman–Crippen MR) is 144 cm³/mol. The molecule has 0 saturated carbocycles. The van der Waals surface area contributed by atoms with Gasteiger partial charge in [-0.3, -0.25) is 9.59 Å². The number of thiophene rings is 1. The average molecular weight is 518 g/mol. The molecule has 174 valence electrons. The van der Waals surface area contributed by atoms with E-state index in [1.807, 2.05) is 54.8 Å². The smallest absolute Gasteiger partial charge is 0.255 e. The fraction of sp³-hybridized carbons (Fsp3) is 0.0741. The maximum absolute atomic E-state index is 12.6. The molecule has 0 aliphatic carbocycles. The first-order chi connectivity index (χ1) is 16.9. The van der Waals surface area contributed by atoms with E-state index in [0.717, 1.165) is 21.6 Å². The number of anilines is 2. The number of carbonyl (C=O) groups excluding carboxylic acids is 2. The van der Waals surface area contributed by atoms with Crippen molar-refractivity contribution in [3.8, 4) is 17.2 Å². The van der Waals surface area contributed by atoms with Gasteiger partial charge in [0.25, 0.3) is 5.91 Å². The van der Waals surface area contributed by atoms with Crippen LogP contribution in [0.4, 0.5) is 10.7 Å². The molecule has 3 aromatic carbocycles. The van der Waals surface area contributed by atoms with Gasteiger partial charge in [0.1, 0.15) is 11.1 Å². The lowest BCUT2D eigenvalue weighted by Crippen LogP contribution is -2.14. The number of rotatable bonds is 7. The van der Waals surface area contributed by atoms with Crippen LogP contribution in [0.1, 0.15) is 21.5 Å². The number of hydrogen-bond acceptors (Lipinski definition) is 5. The number of benzene rings is 3. The van der Waals surface area contributed by atoms with Crippen molar-refractivity contribution in [3.63, 3.8) is 0 Å². The molecule has 35 heavy (non-hydrogen) atoms. The molecule has 1 heterocycles. The lowest BCUT2D eigenvalue weighted by Gasteiger charge is -2.08. The first-order valence-electron chi connectivity index (χ1n) is 10.6. The van der Waals surface area contributed by atoms with Crippen molar-refractivity contribution in [2.45, 2.75) is 11.8 Å². The highest BCUT2D eigenvalue weighted by Crippen LogP contribution is 2.35. The van der Waals surface area contributed by atoms with Crippen molar-refractivity contribution < 1.29 is 9.59 Å². The van der Waals surface area contributed by atoms with E-state index in [2.05, 4.69) is 16.7 Å². The number of halogens is 1. The minimum Gasteiger partial charge on any atom is -0.322 e. The fourth-order valence-electron chi connectivity index (χ4n) is 3.31. The van der Waals surface area contributed by atoms with Gasteiger partial charge < -0.3 is 10.6 Å². The molecule has 2 amide bonds. The third-order valence-electron chi connectivity index (χ3n) is 5.07. The molecular weight excluding hydrogens is 498 g/mol. The Bertz CT molecular complexity index is 1430. The van der Waals surface area contributed by atoms with E-state index < -0.39 is 0 Å². The summed E-state index contributed by atoms with van der Waals surface area (Å²) in [6.45, 7) is 2.01. The second kappa shape index (κ2) is 11.2. The van der Waals surface area contributed by atoms with Crippen LogP contribution in [0.2, 0.25) is 5.02 Å². The Morgan fingerprint density at radius 3 is 2.54 bits per heavy atom. The van der Waals surface area contributed by atoms with Crippen LogP contribution in [0.5, 0.6) is 0 Å². The SMILES string of the molecule is Cc1ccc(-c2csc(NC(=O)CSc3cccc(NC(=O)c4cccc(Cl)c4)c3)c2C#N)cc1. The van der Waals surface area contributed by atoms with Gasteiger partial charge in [-0.05, 0) is 48.9 Å². The zero-order chi connectivity index (χ0) is 24.8. The number of nitrogens with one attached hydrogen (secondary N) is 2. The van der Waals surface area contributed by atoms with Crippen molar-refractivity contribution in [2.75, 3.05) is 16.4 Å². The van der Waals surface area contributed by atoms with E-state index >= 15 is 0 Å². The number of aryl methyl sites for hydroxylation is 1. The summed E-state index contributed by atoms with van der Waals surface area (Å²) in [5.41, 5.74) is 4.43. The van der Waals surface area contributed by atoms with Gasteiger partial charge in [-0.2, -0.15) is 5.26 Å². The van der Waals surface area contributed by atoms with Gasteiger partial charge in [-0.1, -0.05) is 53.6 Å². The Labute approximate surface area is 216 Å². The second-order valence-corrected chi connectivity index (χ2v) is 10.0. The molecule has 0 spiro atoms. The molecule has 8 heteroatoms. The van der Waals surface area contributed by atoms with Crippen molar-refractivity contribution in [3.05, 3.63) is 99.9 Å². The summed E-state index contributed by atoms with van der Waals surface area (Å²) in [5, 5.41) is 18.3. The molecule has 1 aromatic heterocycles. The number of carbonyl (C=O) groups is 2. The summed E-state index contributed by atoms with van der Waals surface area (Å²) < 4.78 is 0. The molecule has 4 rings (SSSR count). The zero-order valence-electron chi connectivity index (χ0n) is 18.7. The van der Waals surface area contributed by atoms with E-state index in [-0.39, 0.29) is 17.6 Å². The van der Waals surface area contributed by atoms with Gasteiger partial charge in [0.2, 0.25) is 5.91 Å². The molecule has 0 unspecified atom stereocenters. The number of nitriles is 1. The maximum Gasteiger partial charge on any atom is 0.255 e. The topological polar surface area (TPSA) is 82.0 Å². The number of thioether (sulfide) groups is 1. The molecule has 0 aliphatic heterocycles. The van der Waals surface area contributed by atoms with Gasteiger partial charge in [-0.25, -0.2) is 0 Å². The highest BCUT2D eigenvalue weighted by atomic mass is 35.5. The van der Waals surface area contributed by atoms with Crippen LogP contribution in [-0.2, 0) is 4.79 Å². The highest BCUT2D eigenvalue weighted by molar-refractivity contribution is 8.00. The van der Waals surface area contributed by atoms with E-state index in [4.69, 9.17) is 11.6 Å². The number of amides is 2. The largest absolute Gasteiger partial charge is 0.322 e. The quantitative estimate of drug-likeness (QED) is 0.253. The summed E-state index contributed by atoms with van der Waals surface area (Å²) in [7, 11) is 0. The summed E-state index contributed by atoms with van der Waals surface area (Å²) in [6, 6.07) is 24.1. The molecule has 2 N–H and O–H groups in total. The minimum absolute atomic E-state index is 0.161. The third-order valence-corrected chi connectivity index (χ3v) is 7.19. The molecule has 4 aromatic rings. The van der Waals surface area contributed by atoms with Crippen LogP contribution < -0.4 is 10.6 Å².